The van der Waals surface area contributed by atoms with E-state index in [-0.39, 0.29) is 12.0 Å². The number of nitrogens with zero attached hydrogens (tertiary/aromatic N) is 2. The Hall–Kier alpha value is -1.88. The van der Waals surface area contributed by atoms with E-state index in [1.165, 1.54) is 11.3 Å². The van der Waals surface area contributed by atoms with E-state index in [4.69, 9.17) is 9.26 Å². The van der Waals surface area contributed by atoms with E-state index in [2.05, 4.69) is 33.7 Å². The number of rotatable bonds is 2. The fourth-order valence-electron chi connectivity index (χ4n) is 3.03. The van der Waals surface area contributed by atoms with E-state index in [9.17, 15) is 0 Å². The number of para-hydroxylation sites is 1. The van der Waals surface area contributed by atoms with Crippen molar-refractivity contribution in [2.45, 2.75) is 31.3 Å². The van der Waals surface area contributed by atoms with Crippen molar-refractivity contribution in [3.05, 3.63) is 41.5 Å². The van der Waals surface area contributed by atoms with Crippen LogP contribution in [0.25, 0.3) is 0 Å². The number of hydrogen-bond acceptors (Lipinski definition) is 5. The molecule has 0 aliphatic carbocycles. The Morgan fingerprint density at radius 2 is 2.15 bits per heavy atom. The van der Waals surface area contributed by atoms with Crippen molar-refractivity contribution in [2.24, 2.45) is 0 Å². The molecule has 1 fully saturated rings. The monoisotopic (exact) mass is 271 g/mol. The van der Waals surface area contributed by atoms with Crippen molar-refractivity contribution in [1.29, 1.82) is 0 Å². The first-order valence-corrected chi connectivity index (χ1v) is 7.20. The minimum absolute atomic E-state index is 0.0180. The van der Waals surface area contributed by atoms with Crippen LogP contribution in [0, 0.1) is 0 Å². The van der Waals surface area contributed by atoms with Crippen LogP contribution in [-0.4, -0.2) is 23.3 Å². The summed E-state index contributed by atoms with van der Waals surface area (Å²) in [7, 11) is 0. The smallest absolute Gasteiger partial charge is 0.234 e. The quantitative estimate of drug-likeness (QED) is 0.910. The molecule has 0 amide bonds. The lowest BCUT2D eigenvalue weighted by Crippen LogP contribution is -2.17. The maximum Gasteiger partial charge on any atom is 0.234 e. The molecule has 3 heterocycles. The van der Waals surface area contributed by atoms with Gasteiger partial charge in [0.2, 0.25) is 11.7 Å². The summed E-state index contributed by atoms with van der Waals surface area (Å²) in [6.07, 6.45) is 3.06. The van der Waals surface area contributed by atoms with Crippen LogP contribution in [0.3, 0.4) is 0 Å². The van der Waals surface area contributed by atoms with E-state index in [1.54, 1.807) is 0 Å². The van der Waals surface area contributed by atoms with Crippen LogP contribution in [0.2, 0.25) is 0 Å². The molecule has 2 atom stereocenters. The maximum atomic E-state index is 5.61. The average Bonchev–Trinajstić information content (AvgIpc) is 3.17. The van der Waals surface area contributed by atoms with Crippen LogP contribution in [-0.2, 0) is 4.74 Å². The van der Waals surface area contributed by atoms with Gasteiger partial charge in [-0.25, -0.2) is 0 Å². The first-order chi connectivity index (χ1) is 9.92. The first-order valence-electron chi connectivity index (χ1n) is 7.20. The Kier molecular flexibility index (Phi) is 2.92. The van der Waals surface area contributed by atoms with Gasteiger partial charge in [0.15, 0.2) is 0 Å². The molecule has 1 N–H and O–H groups in total. The van der Waals surface area contributed by atoms with E-state index in [0.717, 1.165) is 32.4 Å². The third kappa shape index (κ3) is 1.98. The highest BCUT2D eigenvalue weighted by atomic mass is 16.5. The van der Waals surface area contributed by atoms with Gasteiger partial charge in [-0.3, -0.25) is 0 Å². The SMILES string of the molecule is c1ccc2c(c1)NCCC2c1nc(C2CCCO2)no1. The lowest BCUT2D eigenvalue weighted by Gasteiger charge is -2.23. The largest absolute Gasteiger partial charge is 0.385 e. The maximum absolute atomic E-state index is 5.61. The van der Waals surface area contributed by atoms with Gasteiger partial charge in [0.1, 0.15) is 6.10 Å². The van der Waals surface area contributed by atoms with Crippen molar-refractivity contribution in [2.75, 3.05) is 18.5 Å². The molecule has 0 saturated carbocycles. The average molecular weight is 271 g/mol. The predicted molar refractivity (Wildman–Crippen MR) is 73.6 cm³/mol. The molecule has 2 aliphatic heterocycles. The Balaban J connectivity index is 1.65. The summed E-state index contributed by atoms with van der Waals surface area (Å²) in [5.74, 6) is 1.60. The van der Waals surface area contributed by atoms with Crippen molar-refractivity contribution in [1.82, 2.24) is 10.1 Å². The molecule has 2 aromatic rings. The van der Waals surface area contributed by atoms with Gasteiger partial charge in [0.05, 0.1) is 5.92 Å². The van der Waals surface area contributed by atoms with E-state index < -0.39 is 0 Å². The van der Waals surface area contributed by atoms with Crippen molar-refractivity contribution in [3.8, 4) is 0 Å². The molecule has 20 heavy (non-hydrogen) atoms. The van der Waals surface area contributed by atoms with Crippen LogP contribution in [0.5, 0.6) is 0 Å². The third-order valence-electron chi connectivity index (χ3n) is 4.06. The minimum Gasteiger partial charge on any atom is -0.385 e. The molecule has 0 spiro atoms. The zero-order valence-electron chi connectivity index (χ0n) is 11.2. The highest BCUT2D eigenvalue weighted by Gasteiger charge is 2.29. The number of aromatic nitrogens is 2. The zero-order valence-corrected chi connectivity index (χ0v) is 11.2. The van der Waals surface area contributed by atoms with Gasteiger partial charge in [-0.05, 0) is 30.9 Å². The van der Waals surface area contributed by atoms with Gasteiger partial charge in [0, 0.05) is 18.8 Å². The summed E-state index contributed by atoms with van der Waals surface area (Å²) >= 11 is 0. The molecule has 2 aliphatic rings. The van der Waals surface area contributed by atoms with Crippen LogP contribution in [0.4, 0.5) is 5.69 Å². The first kappa shape index (κ1) is 11.9. The van der Waals surface area contributed by atoms with Crippen LogP contribution in [0.1, 0.15) is 48.6 Å². The Labute approximate surface area is 117 Å². The van der Waals surface area contributed by atoms with Gasteiger partial charge in [-0.15, -0.1) is 0 Å². The second kappa shape index (κ2) is 4.90. The van der Waals surface area contributed by atoms with Gasteiger partial charge in [0.25, 0.3) is 0 Å². The third-order valence-corrected chi connectivity index (χ3v) is 4.06. The summed E-state index contributed by atoms with van der Waals surface area (Å²) < 4.78 is 11.1. The topological polar surface area (TPSA) is 60.2 Å². The molecule has 1 aromatic heterocycles. The molecule has 1 aromatic carbocycles. The summed E-state index contributed by atoms with van der Waals surface area (Å²) in [5.41, 5.74) is 2.40. The fourth-order valence-corrected chi connectivity index (χ4v) is 3.03. The molecule has 0 radical (unpaired) electrons. The molecular formula is C15H17N3O2. The molecule has 1 saturated heterocycles. The normalized spacial score (nSPS) is 25.2. The summed E-state index contributed by atoms with van der Waals surface area (Å²) in [5, 5.41) is 7.52. The predicted octanol–water partition coefficient (Wildman–Crippen LogP) is 2.87. The molecule has 0 bridgehead atoms. The number of benzene rings is 1. The summed E-state index contributed by atoms with van der Waals surface area (Å²) in [4.78, 5) is 4.58. The molecule has 4 rings (SSSR count). The van der Waals surface area contributed by atoms with Crippen LogP contribution in [0.15, 0.2) is 28.8 Å². The molecule has 2 unspecified atom stereocenters. The van der Waals surface area contributed by atoms with Crippen molar-refractivity contribution in [3.63, 3.8) is 0 Å². The van der Waals surface area contributed by atoms with Gasteiger partial charge in [-0.1, -0.05) is 23.4 Å². The number of fused-ring (bicyclic) bond motifs is 1. The summed E-state index contributed by atoms with van der Waals surface area (Å²) in [6.45, 7) is 1.73. The highest BCUT2D eigenvalue weighted by molar-refractivity contribution is 5.56. The number of ether oxygens (including phenoxy) is 1. The van der Waals surface area contributed by atoms with E-state index >= 15 is 0 Å². The summed E-state index contributed by atoms with van der Waals surface area (Å²) in [6, 6.07) is 8.32. The van der Waals surface area contributed by atoms with Crippen LogP contribution < -0.4 is 5.32 Å². The number of nitrogens with one attached hydrogen (secondary N) is 1. The Morgan fingerprint density at radius 1 is 1.20 bits per heavy atom. The lowest BCUT2D eigenvalue weighted by molar-refractivity contribution is 0.103. The number of hydrogen-bond donors (Lipinski definition) is 1. The Morgan fingerprint density at radius 3 is 3.05 bits per heavy atom. The lowest BCUT2D eigenvalue weighted by atomic mass is 9.91. The van der Waals surface area contributed by atoms with Crippen molar-refractivity contribution >= 4 is 5.69 Å². The highest BCUT2D eigenvalue weighted by Crippen LogP contribution is 2.36. The second-order valence-corrected chi connectivity index (χ2v) is 5.35. The minimum atomic E-state index is 0.0180. The second-order valence-electron chi connectivity index (χ2n) is 5.35. The van der Waals surface area contributed by atoms with Gasteiger partial charge in [-0.2, -0.15) is 4.98 Å². The van der Waals surface area contributed by atoms with Crippen molar-refractivity contribution < 1.29 is 9.26 Å². The van der Waals surface area contributed by atoms with Gasteiger partial charge >= 0.3 is 0 Å². The van der Waals surface area contributed by atoms with Crippen LogP contribution >= 0.6 is 0 Å². The zero-order chi connectivity index (χ0) is 13.4. The molecule has 5 nitrogen and oxygen atoms in total. The van der Waals surface area contributed by atoms with E-state index in [1.807, 2.05) is 6.07 Å². The molecular weight excluding hydrogens is 254 g/mol. The van der Waals surface area contributed by atoms with Gasteiger partial charge < -0.3 is 14.6 Å². The van der Waals surface area contributed by atoms with E-state index in [0.29, 0.717) is 11.7 Å². The standard InChI is InChI=1S/C15H17N3O2/c1-2-5-12-10(4-1)11(7-8-16-12)15-17-14(18-20-15)13-6-3-9-19-13/h1-2,4-5,11,13,16H,3,6-9H2. The molecule has 104 valence electrons. The molecule has 5 heteroatoms. The number of anilines is 1. The Bertz CT molecular complexity index is 605. The fraction of sp³-hybridized carbons (Fsp3) is 0.467.